The van der Waals surface area contributed by atoms with E-state index in [1.807, 2.05) is 17.0 Å². The van der Waals surface area contributed by atoms with E-state index >= 15 is 0 Å². The van der Waals surface area contributed by atoms with E-state index in [-0.39, 0.29) is 18.5 Å². The number of methoxy groups -OCH3 is 1. The summed E-state index contributed by atoms with van der Waals surface area (Å²) in [6.45, 7) is 4.98. The van der Waals surface area contributed by atoms with Crippen LogP contribution >= 0.6 is 0 Å². The second-order valence-electron chi connectivity index (χ2n) is 8.00. The number of hydrogen-bond acceptors (Lipinski definition) is 4. The van der Waals surface area contributed by atoms with Gasteiger partial charge < -0.3 is 14.6 Å². The highest BCUT2D eigenvalue weighted by molar-refractivity contribution is 5.86. The Balaban J connectivity index is 1.65. The fourth-order valence-corrected chi connectivity index (χ4v) is 4.71. The van der Waals surface area contributed by atoms with Crippen molar-refractivity contribution in [1.82, 2.24) is 24.6 Å². The fourth-order valence-electron chi connectivity index (χ4n) is 4.71. The SMILES string of the molecule is COc1ccc([C@H]2c3[nH]c4ccccc4c3CCN2C(=O)Cn2cncn2)c(C)c1C. The molecule has 0 spiro atoms. The molecule has 0 radical (unpaired) electrons. The molecular weight excluding hydrogens is 390 g/mol. The highest BCUT2D eigenvalue weighted by atomic mass is 16.5. The lowest BCUT2D eigenvalue weighted by atomic mass is 9.88. The molecule has 0 unspecified atom stereocenters. The number of amides is 1. The average Bonchev–Trinajstić information content (AvgIpc) is 3.42. The van der Waals surface area contributed by atoms with Gasteiger partial charge in [-0.05, 0) is 54.7 Å². The summed E-state index contributed by atoms with van der Waals surface area (Å²) in [5.74, 6) is 0.877. The molecule has 2 aromatic heterocycles. The lowest BCUT2D eigenvalue weighted by molar-refractivity contribution is -0.134. The van der Waals surface area contributed by atoms with Crippen LogP contribution in [0.4, 0.5) is 0 Å². The summed E-state index contributed by atoms with van der Waals surface area (Å²) >= 11 is 0. The maximum Gasteiger partial charge on any atom is 0.245 e. The van der Waals surface area contributed by atoms with Crippen molar-refractivity contribution in [1.29, 1.82) is 0 Å². The van der Waals surface area contributed by atoms with Crippen molar-refractivity contribution in [3.05, 3.63) is 77.0 Å². The van der Waals surface area contributed by atoms with Gasteiger partial charge in [-0.25, -0.2) is 9.67 Å². The Kier molecular flexibility index (Phi) is 4.73. The van der Waals surface area contributed by atoms with E-state index in [0.29, 0.717) is 6.54 Å². The molecule has 1 N–H and O–H groups in total. The number of carbonyl (C=O) groups is 1. The molecule has 0 aliphatic carbocycles. The van der Waals surface area contributed by atoms with Crippen LogP contribution < -0.4 is 4.74 Å². The van der Waals surface area contributed by atoms with Crippen LogP contribution in [0.25, 0.3) is 10.9 Å². The van der Waals surface area contributed by atoms with E-state index < -0.39 is 0 Å². The molecule has 0 saturated carbocycles. The zero-order chi connectivity index (χ0) is 21.5. The van der Waals surface area contributed by atoms with Gasteiger partial charge >= 0.3 is 0 Å². The number of carbonyl (C=O) groups excluding carboxylic acids is 1. The second kappa shape index (κ2) is 7.58. The third kappa shape index (κ3) is 3.17. The van der Waals surface area contributed by atoms with Gasteiger partial charge in [0.25, 0.3) is 0 Å². The van der Waals surface area contributed by atoms with Crippen LogP contribution in [-0.4, -0.2) is 44.2 Å². The van der Waals surface area contributed by atoms with E-state index in [9.17, 15) is 4.79 Å². The maximum atomic E-state index is 13.4. The van der Waals surface area contributed by atoms with Crippen LogP contribution in [0.15, 0.2) is 49.1 Å². The van der Waals surface area contributed by atoms with Crippen molar-refractivity contribution in [3.63, 3.8) is 0 Å². The zero-order valence-corrected chi connectivity index (χ0v) is 17.9. The smallest absolute Gasteiger partial charge is 0.245 e. The minimum absolute atomic E-state index is 0.0210. The number of fused-ring (bicyclic) bond motifs is 3. The van der Waals surface area contributed by atoms with E-state index in [1.54, 1.807) is 18.1 Å². The van der Waals surface area contributed by atoms with Crippen LogP contribution in [0.3, 0.4) is 0 Å². The largest absolute Gasteiger partial charge is 0.496 e. The van der Waals surface area contributed by atoms with Crippen molar-refractivity contribution >= 4 is 16.8 Å². The minimum atomic E-state index is -0.197. The first-order valence-corrected chi connectivity index (χ1v) is 10.4. The van der Waals surface area contributed by atoms with Gasteiger partial charge in [0.1, 0.15) is 24.9 Å². The van der Waals surface area contributed by atoms with E-state index in [2.05, 4.69) is 53.2 Å². The topological polar surface area (TPSA) is 76.0 Å². The number of rotatable bonds is 4. The van der Waals surface area contributed by atoms with Gasteiger partial charge in [0.15, 0.2) is 0 Å². The molecule has 0 saturated heterocycles. The van der Waals surface area contributed by atoms with Gasteiger partial charge in [0.05, 0.1) is 13.2 Å². The van der Waals surface area contributed by atoms with E-state index in [4.69, 9.17) is 4.74 Å². The Morgan fingerprint density at radius 1 is 1.19 bits per heavy atom. The molecular formula is C24H25N5O2. The molecule has 1 atom stereocenters. The predicted molar refractivity (Wildman–Crippen MR) is 118 cm³/mol. The summed E-state index contributed by atoms with van der Waals surface area (Å²) in [5, 5.41) is 5.35. The minimum Gasteiger partial charge on any atom is -0.496 e. The summed E-state index contributed by atoms with van der Waals surface area (Å²) in [4.78, 5) is 23.0. The number of H-pyrrole nitrogens is 1. The number of ether oxygens (including phenoxy) is 1. The number of aromatic nitrogens is 4. The van der Waals surface area contributed by atoms with Crippen molar-refractivity contribution in [2.45, 2.75) is 32.9 Å². The molecule has 0 fully saturated rings. The molecule has 1 aliphatic heterocycles. The molecule has 2 aromatic carbocycles. The molecule has 3 heterocycles. The summed E-state index contributed by atoms with van der Waals surface area (Å²) in [5.41, 5.74) is 6.82. The Morgan fingerprint density at radius 2 is 2.03 bits per heavy atom. The second-order valence-corrected chi connectivity index (χ2v) is 8.00. The van der Waals surface area contributed by atoms with Gasteiger partial charge in [-0.3, -0.25) is 4.79 Å². The van der Waals surface area contributed by atoms with Crippen LogP contribution in [0, 0.1) is 13.8 Å². The van der Waals surface area contributed by atoms with Gasteiger partial charge in [0, 0.05) is 23.1 Å². The van der Waals surface area contributed by atoms with Gasteiger partial charge in [-0.15, -0.1) is 0 Å². The van der Waals surface area contributed by atoms with Crippen LogP contribution in [0.1, 0.15) is 34.0 Å². The Morgan fingerprint density at radius 3 is 2.81 bits per heavy atom. The number of nitrogens with zero attached hydrogens (tertiary/aromatic N) is 4. The summed E-state index contributed by atoms with van der Waals surface area (Å²) in [6.07, 6.45) is 3.84. The standard InChI is InChI=1S/C24H25N5O2/c1-15-16(2)21(31-3)9-8-17(15)24-23-19(18-6-4-5-7-20(18)27-23)10-11-29(24)22(30)12-28-14-25-13-26-28/h4-9,13-14,24,27H,10-12H2,1-3H3/t24-/m0/s1. The summed E-state index contributed by atoms with van der Waals surface area (Å²) in [7, 11) is 1.69. The monoisotopic (exact) mass is 415 g/mol. The van der Waals surface area contributed by atoms with Crippen LogP contribution in [-0.2, 0) is 17.8 Å². The molecule has 1 aliphatic rings. The van der Waals surface area contributed by atoms with Gasteiger partial charge in [-0.2, -0.15) is 5.10 Å². The third-order valence-electron chi connectivity index (χ3n) is 6.41. The first-order valence-electron chi connectivity index (χ1n) is 10.4. The molecule has 4 aromatic rings. The van der Waals surface area contributed by atoms with Crippen molar-refractivity contribution in [2.75, 3.05) is 13.7 Å². The fraction of sp³-hybridized carbons (Fsp3) is 0.292. The predicted octanol–water partition coefficient (Wildman–Crippen LogP) is 3.56. The van der Waals surface area contributed by atoms with E-state index in [1.165, 1.54) is 17.3 Å². The zero-order valence-electron chi connectivity index (χ0n) is 17.9. The lowest BCUT2D eigenvalue weighted by Crippen LogP contribution is -2.42. The molecule has 5 rings (SSSR count). The number of benzene rings is 2. The first-order chi connectivity index (χ1) is 15.1. The van der Waals surface area contributed by atoms with Gasteiger partial charge in [-0.1, -0.05) is 24.3 Å². The maximum absolute atomic E-state index is 13.4. The third-order valence-corrected chi connectivity index (χ3v) is 6.41. The lowest BCUT2D eigenvalue weighted by Gasteiger charge is -2.37. The number of aromatic amines is 1. The molecule has 158 valence electrons. The highest BCUT2D eigenvalue weighted by Crippen LogP contribution is 2.41. The van der Waals surface area contributed by atoms with E-state index in [0.717, 1.165) is 40.1 Å². The van der Waals surface area contributed by atoms with Crippen molar-refractivity contribution in [2.24, 2.45) is 0 Å². The summed E-state index contributed by atoms with van der Waals surface area (Å²) in [6, 6.07) is 12.2. The average molecular weight is 415 g/mol. The quantitative estimate of drug-likeness (QED) is 0.553. The van der Waals surface area contributed by atoms with Gasteiger partial charge in [0.2, 0.25) is 5.91 Å². The summed E-state index contributed by atoms with van der Waals surface area (Å²) < 4.78 is 7.10. The molecule has 7 heteroatoms. The molecule has 7 nitrogen and oxygen atoms in total. The first kappa shape index (κ1) is 19.4. The molecule has 0 bridgehead atoms. The Bertz CT molecular complexity index is 1260. The Hall–Kier alpha value is -3.61. The molecule has 1 amide bonds. The number of para-hydroxylation sites is 1. The highest BCUT2D eigenvalue weighted by Gasteiger charge is 2.35. The normalized spacial score (nSPS) is 15.8. The van der Waals surface area contributed by atoms with Crippen molar-refractivity contribution in [3.8, 4) is 5.75 Å². The van der Waals surface area contributed by atoms with Crippen molar-refractivity contribution < 1.29 is 9.53 Å². The molecule has 31 heavy (non-hydrogen) atoms. The number of hydrogen-bond donors (Lipinski definition) is 1. The number of nitrogens with one attached hydrogen (secondary N) is 1. The Labute approximate surface area is 180 Å². The van der Waals surface area contributed by atoms with Crippen LogP contribution in [0.2, 0.25) is 0 Å². The van der Waals surface area contributed by atoms with Crippen LogP contribution in [0.5, 0.6) is 5.75 Å².